The van der Waals surface area contributed by atoms with Crippen molar-refractivity contribution in [2.24, 2.45) is 0 Å². The number of rotatable bonds is 9. The van der Waals surface area contributed by atoms with Gasteiger partial charge in [-0.1, -0.05) is 43.2 Å². The summed E-state index contributed by atoms with van der Waals surface area (Å²) in [6.45, 7) is 2.14. The van der Waals surface area contributed by atoms with Crippen molar-refractivity contribution in [3.8, 4) is 0 Å². The van der Waals surface area contributed by atoms with E-state index in [0.29, 0.717) is 16.4 Å². The molecular formula is C18H20N4O3S3. The number of nitrogens with zero attached hydrogens (tertiary/aromatic N) is 2. The largest absolute Gasteiger partial charge is 0.296 e. The SMILES string of the molecule is CCCCCc1nnc(NC(=O)c2cccc(NS(=O)(=O)c3cccs3)c2)s1. The molecule has 1 aromatic carbocycles. The Bertz CT molecular complexity index is 1030. The summed E-state index contributed by atoms with van der Waals surface area (Å²) in [5.74, 6) is -0.367. The Hall–Kier alpha value is -2.30. The van der Waals surface area contributed by atoms with Gasteiger partial charge < -0.3 is 0 Å². The van der Waals surface area contributed by atoms with Crippen LogP contribution >= 0.6 is 22.7 Å². The Morgan fingerprint density at radius 2 is 2.00 bits per heavy atom. The Balaban J connectivity index is 1.66. The van der Waals surface area contributed by atoms with Crippen molar-refractivity contribution < 1.29 is 13.2 Å². The van der Waals surface area contributed by atoms with E-state index in [0.717, 1.165) is 42.0 Å². The lowest BCUT2D eigenvalue weighted by Crippen LogP contribution is -2.14. The maximum atomic E-state index is 12.5. The third kappa shape index (κ3) is 5.37. The van der Waals surface area contributed by atoms with Gasteiger partial charge in [-0.2, -0.15) is 0 Å². The van der Waals surface area contributed by atoms with Crippen LogP contribution in [0.1, 0.15) is 41.6 Å². The fourth-order valence-corrected chi connectivity index (χ4v) is 5.27. The van der Waals surface area contributed by atoms with E-state index in [1.54, 1.807) is 29.6 Å². The predicted molar refractivity (Wildman–Crippen MR) is 113 cm³/mol. The molecule has 28 heavy (non-hydrogen) atoms. The molecule has 2 heterocycles. The van der Waals surface area contributed by atoms with Crippen LogP contribution in [0.2, 0.25) is 0 Å². The first-order valence-electron chi connectivity index (χ1n) is 8.78. The van der Waals surface area contributed by atoms with Crippen molar-refractivity contribution in [2.75, 3.05) is 10.0 Å². The van der Waals surface area contributed by atoms with Crippen molar-refractivity contribution in [2.45, 2.75) is 36.8 Å². The number of nitrogens with one attached hydrogen (secondary N) is 2. The molecule has 0 aliphatic rings. The molecule has 0 saturated heterocycles. The molecule has 7 nitrogen and oxygen atoms in total. The molecule has 0 aliphatic carbocycles. The van der Waals surface area contributed by atoms with Crippen molar-refractivity contribution in [3.05, 3.63) is 52.3 Å². The summed E-state index contributed by atoms with van der Waals surface area (Å²) < 4.78 is 27.4. The van der Waals surface area contributed by atoms with Crippen LogP contribution in [-0.2, 0) is 16.4 Å². The van der Waals surface area contributed by atoms with Gasteiger partial charge in [0.25, 0.3) is 15.9 Å². The number of thiophene rings is 1. The van der Waals surface area contributed by atoms with E-state index in [1.165, 1.54) is 23.5 Å². The highest BCUT2D eigenvalue weighted by atomic mass is 32.2. The third-order valence-corrected chi connectivity index (χ3v) is 7.50. The number of sulfonamides is 1. The predicted octanol–water partition coefficient (Wildman–Crippen LogP) is 4.39. The van der Waals surface area contributed by atoms with E-state index in [-0.39, 0.29) is 10.1 Å². The van der Waals surface area contributed by atoms with E-state index >= 15 is 0 Å². The first-order valence-corrected chi connectivity index (χ1v) is 12.0. The fraction of sp³-hybridized carbons (Fsp3) is 0.278. The quantitative estimate of drug-likeness (QED) is 0.485. The van der Waals surface area contributed by atoms with E-state index in [4.69, 9.17) is 0 Å². The van der Waals surface area contributed by atoms with Gasteiger partial charge >= 0.3 is 0 Å². The Morgan fingerprint density at radius 1 is 1.14 bits per heavy atom. The first kappa shape index (κ1) is 20.4. The second kappa shape index (κ2) is 9.26. The van der Waals surface area contributed by atoms with E-state index in [9.17, 15) is 13.2 Å². The number of aryl methyl sites for hydroxylation is 1. The molecule has 0 fully saturated rings. The standard InChI is InChI=1S/C18H20N4O3S3/c1-2-3-4-9-15-20-21-18(27-15)19-17(23)13-7-5-8-14(12-13)22-28(24,25)16-10-6-11-26-16/h5-8,10-12,22H,2-4,9H2,1H3,(H,19,21,23). The molecule has 0 unspecified atom stereocenters. The lowest BCUT2D eigenvalue weighted by Gasteiger charge is -2.08. The molecule has 0 radical (unpaired) electrons. The van der Waals surface area contributed by atoms with Crippen LogP contribution in [0.3, 0.4) is 0 Å². The van der Waals surface area contributed by atoms with Gasteiger partial charge in [0.15, 0.2) is 0 Å². The number of amides is 1. The summed E-state index contributed by atoms with van der Waals surface area (Å²) in [7, 11) is -3.66. The van der Waals surface area contributed by atoms with Crippen molar-refractivity contribution in [1.29, 1.82) is 0 Å². The number of carbonyl (C=O) groups is 1. The van der Waals surface area contributed by atoms with Gasteiger partial charge in [-0.15, -0.1) is 21.5 Å². The number of benzene rings is 1. The zero-order chi connectivity index (χ0) is 20.0. The topological polar surface area (TPSA) is 101 Å². The zero-order valence-corrected chi connectivity index (χ0v) is 17.7. The molecule has 2 aromatic heterocycles. The van der Waals surface area contributed by atoms with E-state index < -0.39 is 10.0 Å². The fourth-order valence-electron chi connectivity index (χ4n) is 2.45. The molecule has 3 rings (SSSR count). The average molecular weight is 437 g/mol. The summed E-state index contributed by atoms with van der Waals surface area (Å²) >= 11 is 2.48. The minimum Gasteiger partial charge on any atom is -0.296 e. The maximum Gasteiger partial charge on any atom is 0.271 e. The molecule has 0 atom stereocenters. The van der Waals surface area contributed by atoms with Crippen LogP contribution < -0.4 is 10.0 Å². The second-order valence-corrected chi connectivity index (χ2v) is 9.95. The molecule has 0 saturated carbocycles. The molecule has 2 N–H and O–H groups in total. The highest BCUT2D eigenvalue weighted by molar-refractivity contribution is 7.94. The normalized spacial score (nSPS) is 11.3. The van der Waals surface area contributed by atoms with Crippen LogP contribution in [0.4, 0.5) is 10.8 Å². The Kier molecular flexibility index (Phi) is 6.76. The highest BCUT2D eigenvalue weighted by Crippen LogP contribution is 2.22. The van der Waals surface area contributed by atoms with Crippen LogP contribution in [0.25, 0.3) is 0 Å². The average Bonchev–Trinajstić information content (AvgIpc) is 3.34. The third-order valence-electron chi connectivity index (χ3n) is 3.82. The molecular weight excluding hydrogens is 416 g/mol. The molecule has 148 valence electrons. The van der Waals surface area contributed by atoms with Crippen LogP contribution in [0.5, 0.6) is 0 Å². The van der Waals surface area contributed by atoms with Crippen LogP contribution in [-0.4, -0.2) is 24.5 Å². The molecule has 1 amide bonds. The number of hydrogen-bond acceptors (Lipinski definition) is 7. The monoisotopic (exact) mass is 436 g/mol. The first-order chi connectivity index (χ1) is 13.5. The van der Waals surface area contributed by atoms with Gasteiger partial charge in [-0.25, -0.2) is 8.42 Å². The van der Waals surface area contributed by atoms with Crippen molar-refractivity contribution in [1.82, 2.24) is 10.2 Å². The van der Waals surface area contributed by atoms with Crippen LogP contribution in [0, 0.1) is 0 Å². The summed E-state index contributed by atoms with van der Waals surface area (Å²) in [6, 6.07) is 9.51. The molecule has 3 aromatic rings. The van der Waals surface area contributed by atoms with Gasteiger partial charge in [0.05, 0.1) is 0 Å². The van der Waals surface area contributed by atoms with E-state index in [1.807, 2.05) is 0 Å². The Labute approximate surface area is 171 Å². The highest BCUT2D eigenvalue weighted by Gasteiger charge is 2.16. The molecule has 10 heteroatoms. The number of anilines is 2. The van der Waals surface area contributed by atoms with Gasteiger partial charge in [-0.05, 0) is 36.1 Å². The summed E-state index contributed by atoms with van der Waals surface area (Å²) in [5, 5.41) is 13.8. The number of aromatic nitrogens is 2. The molecule has 0 spiro atoms. The minimum absolute atomic E-state index is 0.215. The second-order valence-electron chi connectivity index (χ2n) is 6.03. The van der Waals surface area contributed by atoms with Crippen molar-refractivity contribution in [3.63, 3.8) is 0 Å². The van der Waals surface area contributed by atoms with Gasteiger partial charge in [-0.3, -0.25) is 14.8 Å². The lowest BCUT2D eigenvalue weighted by atomic mass is 10.2. The molecule has 0 aliphatic heterocycles. The van der Waals surface area contributed by atoms with Gasteiger partial charge in [0.1, 0.15) is 9.22 Å². The smallest absolute Gasteiger partial charge is 0.271 e. The molecule has 0 bridgehead atoms. The van der Waals surface area contributed by atoms with Gasteiger partial charge in [0.2, 0.25) is 5.13 Å². The van der Waals surface area contributed by atoms with Crippen molar-refractivity contribution >= 4 is 49.4 Å². The van der Waals surface area contributed by atoms with Crippen LogP contribution in [0.15, 0.2) is 46.0 Å². The van der Waals surface area contributed by atoms with Gasteiger partial charge in [0, 0.05) is 17.7 Å². The minimum atomic E-state index is -3.66. The summed E-state index contributed by atoms with van der Waals surface area (Å²) in [5.41, 5.74) is 0.646. The summed E-state index contributed by atoms with van der Waals surface area (Å²) in [4.78, 5) is 12.5. The summed E-state index contributed by atoms with van der Waals surface area (Å²) in [6.07, 6.45) is 4.16. The van der Waals surface area contributed by atoms with E-state index in [2.05, 4.69) is 27.2 Å². The Morgan fingerprint density at radius 3 is 2.75 bits per heavy atom. The number of hydrogen-bond donors (Lipinski definition) is 2. The number of unbranched alkanes of at least 4 members (excludes halogenated alkanes) is 2. The maximum absolute atomic E-state index is 12.5. The zero-order valence-electron chi connectivity index (χ0n) is 15.2. The number of carbonyl (C=O) groups excluding carboxylic acids is 1. The lowest BCUT2D eigenvalue weighted by molar-refractivity contribution is 0.102.